The smallest absolute Gasteiger partial charge is 0.311 e. The van der Waals surface area contributed by atoms with E-state index >= 15 is 0 Å². The SMILES string of the molecule is CCN(CC)CCNc1nc(NN)ccc1[N+](=O)[O-]. The van der Waals surface area contributed by atoms with Gasteiger partial charge in [-0.05, 0) is 19.2 Å². The maximum atomic E-state index is 10.9. The Hall–Kier alpha value is -1.93. The third-order valence-corrected chi connectivity index (χ3v) is 2.83. The quantitative estimate of drug-likeness (QED) is 0.367. The number of nitro groups is 1. The van der Waals surface area contributed by atoms with Crippen molar-refractivity contribution in [1.82, 2.24) is 9.88 Å². The van der Waals surface area contributed by atoms with Gasteiger partial charge in [0.05, 0.1) is 4.92 Å². The van der Waals surface area contributed by atoms with Gasteiger partial charge < -0.3 is 15.6 Å². The molecule has 4 N–H and O–H groups in total. The maximum absolute atomic E-state index is 10.9. The number of nitrogens with zero attached hydrogens (tertiary/aromatic N) is 3. The Morgan fingerprint density at radius 3 is 2.63 bits per heavy atom. The van der Waals surface area contributed by atoms with Gasteiger partial charge in [-0.25, -0.2) is 10.8 Å². The lowest BCUT2D eigenvalue weighted by molar-refractivity contribution is -0.384. The van der Waals surface area contributed by atoms with Gasteiger partial charge in [0.2, 0.25) is 5.82 Å². The number of hydrogen-bond acceptors (Lipinski definition) is 7. The summed E-state index contributed by atoms with van der Waals surface area (Å²) in [4.78, 5) is 16.7. The van der Waals surface area contributed by atoms with Crippen LogP contribution < -0.4 is 16.6 Å². The summed E-state index contributed by atoms with van der Waals surface area (Å²) in [5, 5.41) is 13.9. The molecule has 0 spiro atoms. The fourth-order valence-corrected chi connectivity index (χ4v) is 1.68. The molecular formula is C11H20N6O2. The van der Waals surface area contributed by atoms with Crippen LogP contribution in [0.15, 0.2) is 12.1 Å². The van der Waals surface area contributed by atoms with Crippen molar-refractivity contribution in [3.63, 3.8) is 0 Å². The highest BCUT2D eigenvalue weighted by molar-refractivity contribution is 5.59. The first kappa shape index (κ1) is 15.1. The molecule has 8 heteroatoms. The van der Waals surface area contributed by atoms with Crippen LogP contribution in [0.25, 0.3) is 0 Å². The second-order valence-electron chi connectivity index (χ2n) is 3.92. The Kier molecular flexibility index (Phi) is 5.97. The molecule has 19 heavy (non-hydrogen) atoms. The van der Waals surface area contributed by atoms with Gasteiger partial charge in [0.15, 0.2) is 0 Å². The van der Waals surface area contributed by atoms with Gasteiger partial charge in [0, 0.05) is 19.2 Å². The van der Waals surface area contributed by atoms with Crippen LogP contribution in [-0.4, -0.2) is 41.0 Å². The van der Waals surface area contributed by atoms with Crippen molar-refractivity contribution in [2.75, 3.05) is 36.9 Å². The van der Waals surface area contributed by atoms with E-state index in [1.54, 1.807) is 0 Å². The van der Waals surface area contributed by atoms with E-state index in [4.69, 9.17) is 5.84 Å². The van der Waals surface area contributed by atoms with Crippen molar-refractivity contribution in [1.29, 1.82) is 0 Å². The number of aromatic nitrogens is 1. The summed E-state index contributed by atoms with van der Waals surface area (Å²) in [7, 11) is 0. The molecule has 0 amide bonds. The first-order valence-electron chi connectivity index (χ1n) is 6.20. The van der Waals surface area contributed by atoms with Crippen LogP contribution in [0, 0.1) is 10.1 Å². The first-order chi connectivity index (χ1) is 9.12. The molecule has 0 aliphatic heterocycles. The topological polar surface area (TPSA) is 109 Å². The molecule has 0 aromatic carbocycles. The van der Waals surface area contributed by atoms with Gasteiger partial charge in [-0.2, -0.15) is 0 Å². The minimum atomic E-state index is -0.465. The summed E-state index contributed by atoms with van der Waals surface area (Å²) in [6.07, 6.45) is 0. The third-order valence-electron chi connectivity index (χ3n) is 2.83. The van der Waals surface area contributed by atoms with Gasteiger partial charge in [-0.15, -0.1) is 0 Å². The third kappa shape index (κ3) is 4.34. The minimum absolute atomic E-state index is 0.0569. The van der Waals surface area contributed by atoms with Crippen LogP contribution >= 0.6 is 0 Å². The Bertz CT molecular complexity index is 422. The molecule has 1 aromatic heterocycles. The van der Waals surface area contributed by atoms with Gasteiger partial charge in [-0.3, -0.25) is 10.1 Å². The molecule has 0 aliphatic carbocycles. The number of likely N-dealkylation sites (N-methyl/N-ethyl adjacent to an activating group) is 1. The van der Waals surface area contributed by atoms with E-state index in [2.05, 4.69) is 34.5 Å². The number of nitrogens with one attached hydrogen (secondary N) is 2. The Balaban J connectivity index is 2.72. The van der Waals surface area contributed by atoms with Crippen LogP contribution in [0.2, 0.25) is 0 Å². The van der Waals surface area contributed by atoms with E-state index in [1.807, 2.05) is 0 Å². The molecular weight excluding hydrogens is 248 g/mol. The standard InChI is InChI=1S/C11H20N6O2/c1-3-16(4-2)8-7-13-11-9(17(18)19)5-6-10(14-11)15-12/h5-6H,3-4,7-8,12H2,1-2H3,(H2,13,14,15). The molecule has 0 aliphatic rings. The van der Waals surface area contributed by atoms with Crippen LogP contribution in [0.4, 0.5) is 17.3 Å². The second-order valence-corrected chi connectivity index (χ2v) is 3.92. The molecule has 0 unspecified atom stereocenters. The monoisotopic (exact) mass is 268 g/mol. The minimum Gasteiger partial charge on any atom is -0.363 e. The van der Waals surface area contributed by atoms with E-state index in [-0.39, 0.29) is 11.5 Å². The molecule has 1 aromatic rings. The summed E-state index contributed by atoms with van der Waals surface area (Å²) >= 11 is 0. The van der Waals surface area contributed by atoms with Crippen LogP contribution in [0.3, 0.4) is 0 Å². The number of pyridine rings is 1. The summed E-state index contributed by atoms with van der Waals surface area (Å²) < 4.78 is 0. The molecule has 106 valence electrons. The summed E-state index contributed by atoms with van der Waals surface area (Å²) in [6, 6.07) is 2.84. The highest BCUT2D eigenvalue weighted by atomic mass is 16.6. The first-order valence-corrected chi connectivity index (χ1v) is 6.20. The molecule has 0 saturated carbocycles. The van der Waals surface area contributed by atoms with E-state index < -0.39 is 4.92 Å². The number of hydrogen-bond donors (Lipinski definition) is 3. The predicted octanol–water partition coefficient (Wildman–Crippen LogP) is 1.03. The van der Waals surface area contributed by atoms with Gasteiger partial charge in [-0.1, -0.05) is 13.8 Å². The van der Waals surface area contributed by atoms with Crippen molar-refractivity contribution in [3.05, 3.63) is 22.2 Å². The van der Waals surface area contributed by atoms with E-state index in [1.165, 1.54) is 12.1 Å². The Morgan fingerprint density at radius 2 is 2.11 bits per heavy atom. The normalized spacial score (nSPS) is 10.5. The number of nitrogen functional groups attached to an aromatic ring is 1. The summed E-state index contributed by atoms with van der Waals surface area (Å²) in [5.74, 6) is 5.86. The Morgan fingerprint density at radius 1 is 1.42 bits per heavy atom. The van der Waals surface area contributed by atoms with Crippen molar-refractivity contribution in [2.24, 2.45) is 5.84 Å². The lowest BCUT2D eigenvalue weighted by atomic mass is 10.3. The highest BCUT2D eigenvalue weighted by Crippen LogP contribution is 2.23. The van der Waals surface area contributed by atoms with Crippen LogP contribution in [-0.2, 0) is 0 Å². The van der Waals surface area contributed by atoms with Crippen molar-refractivity contribution < 1.29 is 4.92 Å². The fraction of sp³-hybridized carbons (Fsp3) is 0.545. The van der Waals surface area contributed by atoms with Gasteiger partial charge >= 0.3 is 5.69 Å². The fourth-order valence-electron chi connectivity index (χ4n) is 1.68. The lowest BCUT2D eigenvalue weighted by Gasteiger charge is -2.18. The second kappa shape index (κ2) is 7.49. The van der Waals surface area contributed by atoms with E-state index in [9.17, 15) is 10.1 Å². The predicted molar refractivity (Wildman–Crippen MR) is 75.0 cm³/mol. The molecule has 0 saturated heterocycles. The van der Waals surface area contributed by atoms with Gasteiger partial charge in [0.1, 0.15) is 5.82 Å². The largest absolute Gasteiger partial charge is 0.363 e. The zero-order chi connectivity index (χ0) is 14.3. The average molecular weight is 268 g/mol. The summed E-state index contributed by atoms with van der Waals surface area (Å²) in [5.41, 5.74) is 2.31. The lowest BCUT2D eigenvalue weighted by Crippen LogP contribution is -2.29. The molecule has 8 nitrogen and oxygen atoms in total. The van der Waals surface area contributed by atoms with Crippen molar-refractivity contribution in [3.8, 4) is 0 Å². The zero-order valence-electron chi connectivity index (χ0n) is 11.2. The highest BCUT2D eigenvalue weighted by Gasteiger charge is 2.15. The zero-order valence-corrected chi connectivity index (χ0v) is 11.2. The molecule has 0 radical (unpaired) electrons. The van der Waals surface area contributed by atoms with Crippen molar-refractivity contribution >= 4 is 17.3 Å². The number of nitrogens with two attached hydrogens (primary N) is 1. The maximum Gasteiger partial charge on any atom is 0.311 e. The van der Waals surface area contributed by atoms with E-state index in [0.29, 0.717) is 12.4 Å². The number of rotatable bonds is 8. The van der Waals surface area contributed by atoms with Crippen LogP contribution in [0.5, 0.6) is 0 Å². The molecule has 0 atom stereocenters. The number of anilines is 2. The average Bonchev–Trinajstić information content (AvgIpc) is 2.43. The molecule has 0 bridgehead atoms. The summed E-state index contributed by atoms with van der Waals surface area (Å²) in [6.45, 7) is 7.41. The molecule has 1 heterocycles. The Labute approximate surface area is 112 Å². The molecule has 0 fully saturated rings. The molecule has 1 rings (SSSR count). The van der Waals surface area contributed by atoms with Gasteiger partial charge in [0.25, 0.3) is 0 Å². The van der Waals surface area contributed by atoms with Crippen molar-refractivity contribution in [2.45, 2.75) is 13.8 Å². The van der Waals surface area contributed by atoms with E-state index in [0.717, 1.165) is 19.6 Å². The van der Waals surface area contributed by atoms with Crippen LogP contribution in [0.1, 0.15) is 13.8 Å². The number of hydrazine groups is 1.